The van der Waals surface area contributed by atoms with Gasteiger partial charge in [-0.15, -0.1) is 5.10 Å². The number of fused-ring (bicyclic) bond motifs is 3. The van der Waals surface area contributed by atoms with Gasteiger partial charge in [0, 0.05) is 12.4 Å². The maximum atomic E-state index is 12.7. The first-order valence-corrected chi connectivity index (χ1v) is 6.77. The molecule has 0 saturated carbocycles. The van der Waals surface area contributed by atoms with E-state index in [1.54, 1.807) is 35.0 Å². The second kappa shape index (κ2) is 4.54. The number of nitrogens with zero attached hydrogens (tertiary/aromatic N) is 4. The molecular formula is C14H8ClN5O2. The quantitative estimate of drug-likeness (QED) is 0.575. The molecule has 7 nitrogen and oxygen atoms in total. The standard InChI is InChI=1S/C14H8ClN5O2/c15-8-4-5-10(16-7-8)20-13(21)11-9-3-1-2-6-19(9)18-12(11)17-14(20)22/h1-7H,(H,17,18,22). The summed E-state index contributed by atoms with van der Waals surface area (Å²) in [5, 5.41) is 4.94. The average Bonchev–Trinajstić information content (AvgIpc) is 2.87. The van der Waals surface area contributed by atoms with E-state index in [1.807, 2.05) is 0 Å². The van der Waals surface area contributed by atoms with Crippen molar-refractivity contribution in [1.29, 1.82) is 0 Å². The predicted octanol–water partition coefficient (Wildman–Crippen LogP) is 1.38. The number of halogens is 1. The van der Waals surface area contributed by atoms with E-state index in [-0.39, 0.29) is 11.5 Å². The van der Waals surface area contributed by atoms with Crippen molar-refractivity contribution < 1.29 is 0 Å². The summed E-state index contributed by atoms with van der Waals surface area (Å²) in [6.45, 7) is 0. The van der Waals surface area contributed by atoms with E-state index < -0.39 is 11.2 Å². The van der Waals surface area contributed by atoms with Crippen molar-refractivity contribution in [2.24, 2.45) is 0 Å². The normalized spacial score (nSPS) is 11.3. The zero-order valence-electron chi connectivity index (χ0n) is 11.0. The van der Waals surface area contributed by atoms with Gasteiger partial charge < -0.3 is 0 Å². The van der Waals surface area contributed by atoms with Crippen LogP contribution in [0.1, 0.15) is 0 Å². The molecule has 8 heteroatoms. The maximum Gasteiger partial charge on any atom is 0.335 e. The number of aromatic amines is 1. The minimum Gasteiger partial charge on any atom is -0.289 e. The molecule has 0 aromatic carbocycles. The molecule has 108 valence electrons. The Morgan fingerprint density at radius 1 is 1.14 bits per heavy atom. The van der Waals surface area contributed by atoms with Gasteiger partial charge in [-0.25, -0.2) is 18.9 Å². The molecule has 0 atom stereocenters. The summed E-state index contributed by atoms with van der Waals surface area (Å²) < 4.78 is 2.51. The fourth-order valence-corrected chi connectivity index (χ4v) is 2.48. The van der Waals surface area contributed by atoms with E-state index >= 15 is 0 Å². The third-order valence-corrected chi connectivity index (χ3v) is 3.55. The monoisotopic (exact) mass is 313 g/mol. The Morgan fingerprint density at radius 3 is 2.77 bits per heavy atom. The van der Waals surface area contributed by atoms with Gasteiger partial charge >= 0.3 is 5.69 Å². The number of hydrogen-bond acceptors (Lipinski definition) is 4. The van der Waals surface area contributed by atoms with Crippen LogP contribution < -0.4 is 11.2 Å². The summed E-state index contributed by atoms with van der Waals surface area (Å²) >= 11 is 5.79. The first-order valence-electron chi connectivity index (χ1n) is 6.39. The highest BCUT2D eigenvalue weighted by Gasteiger charge is 2.15. The molecule has 4 rings (SSSR count). The molecular weight excluding hydrogens is 306 g/mol. The molecule has 0 amide bonds. The Labute approximate surface area is 127 Å². The van der Waals surface area contributed by atoms with Gasteiger partial charge in [0.15, 0.2) is 5.65 Å². The largest absolute Gasteiger partial charge is 0.335 e. The topological polar surface area (TPSA) is 85.0 Å². The minimum atomic E-state index is -0.601. The van der Waals surface area contributed by atoms with Crippen LogP contribution in [-0.4, -0.2) is 24.1 Å². The first kappa shape index (κ1) is 12.8. The van der Waals surface area contributed by atoms with Crippen LogP contribution in [0, 0.1) is 0 Å². The van der Waals surface area contributed by atoms with Crippen LogP contribution in [-0.2, 0) is 0 Å². The van der Waals surface area contributed by atoms with Crippen molar-refractivity contribution >= 4 is 28.2 Å². The van der Waals surface area contributed by atoms with Gasteiger partial charge in [0.1, 0.15) is 11.2 Å². The Hall–Kier alpha value is -2.93. The Morgan fingerprint density at radius 2 is 2.00 bits per heavy atom. The summed E-state index contributed by atoms with van der Waals surface area (Å²) in [7, 11) is 0. The van der Waals surface area contributed by atoms with Crippen LogP contribution in [0.4, 0.5) is 0 Å². The van der Waals surface area contributed by atoms with E-state index in [2.05, 4.69) is 15.1 Å². The van der Waals surface area contributed by atoms with Crippen molar-refractivity contribution in [3.63, 3.8) is 0 Å². The Bertz CT molecular complexity index is 1120. The number of nitrogens with one attached hydrogen (secondary N) is 1. The molecule has 22 heavy (non-hydrogen) atoms. The lowest BCUT2D eigenvalue weighted by atomic mass is 10.3. The van der Waals surface area contributed by atoms with Gasteiger partial charge in [0.25, 0.3) is 5.56 Å². The van der Waals surface area contributed by atoms with Crippen molar-refractivity contribution in [2.75, 3.05) is 0 Å². The molecule has 0 aliphatic rings. The minimum absolute atomic E-state index is 0.202. The summed E-state index contributed by atoms with van der Waals surface area (Å²) in [5.41, 5.74) is -0.224. The van der Waals surface area contributed by atoms with Crippen molar-refractivity contribution in [3.05, 3.63) is 68.6 Å². The highest BCUT2D eigenvalue weighted by Crippen LogP contribution is 2.13. The number of rotatable bonds is 1. The van der Waals surface area contributed by atoms with Crippen LogP contribution in [0.3, 0.4) is 0 Å². The summed E-state index contributed by atoms with van der Waals surface area (Å²) in [5.74, 6) is 0.202. The highest BCUT2D eigenvalue weighted by atomic mass is 35.5. The lowest BCUT2D eigenvalue weighted by Gasteiger charge is -2.03. The van der Waals surface area contributed by atoms with Gasteiger partial charge in [0.2, 0.25) is 0 Å². The van der Waals surface area contributed by atoms with Gasteiger partial charge in [-0.3, -0.25) is 9.78 Å². The molecule has 0 bridgehead atoms. The molecule has 4 aromatic rings. The van der Waals surface area contributed by atoms with E-state index in [1.165, 1.54) is 12.3 Å². The van der Waals surface area contributed by atoms with Crippen molar-refractivity contribution in [1.82, 2.24) is 24.1 Å². The molecule has 0 aliphatic carbocycles. The van der Waals surface area contributed by atoms with E-state index in [9.17, 15) is 9.59 Å². The van der Waals surface area contributed by atoms with E-state index in [4.69, 9.17) is 11.6 Å². The highest BCUT2D eigenvalue weighted by molar-refractivity contribution is 6.30. The molecule has 1 N–H and O–H groups in total. The van der Waals surface area contributed by atoms with Gasteiger partial charge in [0.05, 0.1) is 10.5 Å². The van der Waals surface area contributed by atoms with Crippen LogP contribution in [0.15, 0.2) is 52.3 Å². The third kappa shape index (κ3) is 1.76. The first-order chi connectivity index (χ1) is 10.6. The van der Waals surface area contributed by atoms with Crippen molar-refractivity contribution in [2.45, 2.75) is 0 Å². The van der Waals surface area contributed by atoms with Crippen LogP contribution in [0.2, 0.25) is 5.02 Å². The number of H-pyrrole nitrogens is 1. The second-order valence-electron chi connectivity index (χ2n) is 4.66. The van der Waals surface area contributed by atoms with Gasteiger partial charge in [-0.2, -0.15) is 0 Å². The number of hydrogen-bond donors (Lipinski definition) is 1. The number of aromatic nitrogens is 5. The summed E-state index contributed by atoms with van der Waals surface area (Å²) in [6, 6.07) is 8.42. The fraction of sp³-hybridized carbons (Fsp3) is 0. The van der Waals surface area contributed by atoms with Gasteiger partial charge in [-0.05, 0) is 24.3 Å². The predicted molar refractivity (Wildman–Crippen MR) is 81.7 cm³/mol. The maximum absolute atomic E-state index is 12.7. The Balaban J connectivity index is 2.16. The van der Waals surface area contributed by atoms with E-state index in [0.717, 1.165) is 4.57 Å². The van der Waals surface area contributed by atoms with Crippen molar-refractivity contribution in [3.8, 4) is 5.82 Å². The molecule has 4 aromatic heterocycles. The number of pyridine rings is 2. The van der Waals surface area contributed by atoms with Crippen LogP contribution in [0.5, 0.6) is 0 Å². The molecule has 0 spiro atoms. The zero-order valence-corrected chi connectivity index (χ0v) is 11.8. The fourth-order valence-electron chi connectivity index (χ4n) is 2.37. The summed E-state index contributed by atoms with van der Waals surface area (Å²) in [4.78, 5) is 31.6. The molecule has 0 fully saturated rings. The lowest BCUT2D eigenvalue weighted by molar-refractivity contribution is 0.863. The molecule has 0 unspecified atom stereocenters. The zero-order chi connectivity index (χ0) is 15.3. The second-order valence-corrected chi connectivity index (χ2v) is 5.10. The van der Waals surface area contributed by atoms with Gasteiger partial charge in [-0.1, -0.05) is 17.7 Å². The molecule has 4 heterocycles. The smallest absolute Gasteiger partial charge is 0.289 e. The average molecular weight is 314 g/mol. The molecule has 0 saturated heterocycles. The van der Waals surface area contributed by atoms with Crippen LogP contribution >= 0.6 is 11.6 Å². The SMILES string of the molecule is O=c1[nH]c2nn3ccccc3c2c(=O)n1-c1ccc(Cl)cn1. The lowest BCUT2D eigenvalue weighted by Crippen LogP contribution is -2.34. The third-order valence-electron chi connectivity index (χ3n) is 3.33. The Kier molecular flexibility index (Phi) is 2.64. The molecule has 0 radical (unpaired) electrons. The molecule has 0 aliphatic heterocycles. The summed E-state index contributed by atoms with van der Waals surface area (Å²) in [6.07, 6.45) is 3.08. The van der Waals surface area contributed by atoms with E-state index in [0.29, 0.717) is 15.9 Å². The van der Waals surface area contributed by atoms with Crippen LogP contribution in [0.25, 0.3) is 22.4 Å².